The zero-order valence-corrected chi connectivity index (χ0v) is 23.8. The van der Waals surface area contributed by atoms with E-state index in [0.29, 0.717) is 62.0 Å². The van der Waals surface area contributed by atoms with Gasteiger partial charge >= 0.3 is 5.51 Å². The number of nitrogens with zero attached hydrogens (tertiary/aromatic N) is 5. The van der Waals surface area contributed by atoms with Gasteiger partial charge in [-0.1, -0.05) is 6.92 Å². The summed E-state index contributed by atoms with van der Waals surface area (Å²) in [6.07, 6.45) is 1.12. The molecule has 226 valence electrons. The van der Waals surface area contributed by atoms with Crippen LogP contribution in [0, 0.1) is 5.82 Å². The first-order valence-electron chi connectivity index (χ1n) is 13.7. The van der Waals surface area contributed by atoms with Crippen molar-refractivity contribution in [3.8, 4) is 17.1 Å². The predicted molar refractivity (Wildman–Crippen MR) is 153 cm³/mol. The quantitative estimate of drug-likeness (QED) is 0.238. The first-order chi connectivity index (χ1) is 20.6. The van der Waals surface area contributed by atoms with E-state index in [-0.39, 0.29) is 28.5 Å². The van der Waals surface area contributed by atoms with E-state index in [0.717, 1.165) is 35.9 Å². The lowest BCUT2D eigenvalue weighted by Gasteiger charge is -2.31. The molecule has 1 amide bonds. The number of piperazine rings is 1. The summed E-state index contributed by atoms with van der Waals surface area (Å²) in [5.74, 6) is -0.435. The number of halogens is 4. The number of rotatable bonds is 7. The number of nitrogens with one attached hydrogen (secondary N) is 2. The number of anilines is 2. The number of carbonyl (C=O) groups is 1. The SMILES string of the molecule is CCc1c(N2CCNCC2)c(=O)n2nc(-c3ccc4c(c3)CCO4)nc2n1CC(=O)Nc1ccc(SC(F)(F)F)cc1F. The van der Waals surface area contributed by atoms with Crippen LogP contribution < -0.4 is 25.8 Å². The second kappa shape index (κ2) is 11.5. The number of amides is 1. The van der Waals surface area contributed by atoms with Crippen molar-refractivity contribution in [2.45, 2.75) is 36.7 Å². The van der Waals surface area contributed by atoms with E-state index in [9.17, 15) is 27.2 Å². The summed E-state index contributed by atoms with van der Waals surface area (Å²) in [7, 11) is 0. The van der Waals surface area contributed by atoms with E-state index in [4.69, 9.17) is 4.74 Å². The highest BCUT2D eigenvalue weighted by Crippen LogP contribution is 2.38. The van der Waals surface area contributed by atoms with Crippen LogP contribution in [0.4, 0.5) is 28.9 Å². The third-order valence-electron chi connectivity index (χ3n) is 7.29. The minimum absolute atomic E-state index is 0.139. The zero-order chi connectivity index (χ0) is 30.3. The maximum absolute atomic E-state index is 14.7. The largest absolute Gasteiger partial charge is 0.493 e. The molecule has 2 aliphatic heterocycles. The summed E-state index contributed by atoms with van der Waals surface area (Å²) in [6.45, 7) is 4.57. The Morgan fingerprint density at radius 3 is 2.67 bits per heavy atom. The third-order valence-corrected chi connectivity index (χ3v) is 8.01. The van der Waals surface area contributed by atoms with Crippen LogP contribution in [-0.2, 0) is 24.2 Å². The van der Waals surface area contributed by atoms with Gasteiger partial charge in [0, 0.05) is 43.1 Å². The second-order valence-electron chi connectivity index (χ2n) is 10.1. The molecule has 6 rings (SSSR count). The number of benzene rings is 2. The monoisotopic (exact) mass is 617 g/mol. The molecule has 43 heavy (non-hydrogen) atoms. The number of ether oxygens (including phenoxy) is 1. The van der Waals surface area contributed by atoms with Crippen LogP contribution in [0.5, 0.6) is 5.75 Å². The van der Waals surface area contributed by atoms with Gasteiger partial charge in [-0.25, -0.2) is 4.39 Å². The van der Waals surface area contributed by atoms with Crippen LogP contribution in [0.25, 0.3) is 17.2 Å². The van der Waals surface area contributed by atoms with Crippen LogP contribution in [0.3, 0.4) is 0 Å². The van der Waals surface area contributed by atoms with Crippen molar-refractivity contribution in [3.63, 3.8) is 0 Å². The Hall–Kier alpha value is -4.11. The lowest BCUT2D eigenvalue weighted by Crippen LogP contribution is -2.47. The maximum Gasteiger partial charge on any atom is 0.446 e. The number of hydrogen-bond acceptors (Lipinski definition) is 8. The fraction of sp³-hybridized carbons (Fsp3) is 0.357. The fourth-order valence-corrected chi connectivity index (χ4v) is 5.96. The number of hydrogen-bond donors (Lipinski definition) is 2. The van der Waals surface area contributed by atoms with Gasteiger partial charge in [-0.2, -0.15) is 22.7 Å². The average molecular weight is 618 g/mol. The standard InChI is InChI=1S/C28H27F4N7O3S/c1-2-21-24(37-10-8-33-9-11-37)26(41)39-27(35-25(36-39)17-3-6-22-16(13-17)7-12-42-22)38(21)15-23(40)34-20-5-4-18(14-19(20)29)43-28(30,31)32/h3-6,13-14,33H,2,7-12,15H2,1H3,(H,34,40). The van der Waals surface area contributed by atoms with Gasteiger partial charge in [0.05, 0.1) is 18.0 Å². The molecule has 0 spiro atoms. The van der Waals surface area contributed by atoms with Gasteiger partial charge in [-0.05, 0) is 60.1 Å². The molecule has 0 unspecified atom stereocenters. The maximum atomic E-state index is 14.7. The number of aromatic nitrogens is 4. The molecular weight excluding hydrogens is 590 g/mol. The Morgan fingerprint density at radius 1 is 1.16 bits per heavy atom. The minimum atomic E-state index is -4.57. The molecule has 2 aromatic heterocycles. The molecule has 2 N–H and O–H groups in total. The van der Waals surface area contributed by atoms with E-state index >= 15 is 0 Å². The van der Waals surface area contributed by atoms with Crippen molar-refractivity contribution < 1.29 is 27.1 Å². The summed E-state index contributed by atoms with van der Waals surface area (Å²) in [4.78, 5) is 33.4. The third kappa shape index (κ3) is 5.91. The van der Waals surface area contributed by atoms with Gasteiger partial charge in [0.15, 0.2) is 5.82 Å². The second-order valence-corrected chi connectivity index (χ2v) is 11.2. The fourth-order valence-electron chi connectivity index (χ4n) is 5.39. The Balaban J connectivity index is 1.40. The Morgan fingerprint density at radius 2 is 1.95 bits per heavy atom. The minimum Gasteiger partial charge on any atom is -0.493 e. The molecule has 4 heterocycles. The molecule has 0 saturated carbocycles. The van der Waals surface area contributed by atoms with Gasteiger partial charge in [-0.3, -0.25) is 9.59 Å². The molecule has 10 nitrogen and oxygen atoms in total. The Labute approximate surface area is 247 Å². The molecule has 1 saturated heterocycles. The highest BCUT2D eigenvalue weighted by atomic mass is 32.2. The smallest absolute Gasteiger partial charge is 0.446 e. The van der Waals surface area contributed by atoms with Gasteiger partial charge in [0.2, 0.25) is 11.7 Å². The van der Waals surface area contributed by atoms with Crippen LogP contribution in [0.15, 0.2) is 46.1 Å². The normalized spacial score (nSPS) is 15.0. The molecule has 0 radical (unpaired) electrons. The zero-order valence-electron chi connectivity index (χ0n) is 23.0. The summed E-state index contributed by atoms with van der Waals surface area (Å²) in [5, 5.41) is 10.3. The molecular formula is C28H27F4N7O3S. The topological polar surface area (TPSA) is 106 Å². The van der Waals surface area contributed by atoms with E-state index in [1.165, 1.54) is 4.52 Å². The summed E-state index contributed by atoms with van der Waals surface area (Å²) in [5.41, 5.74) is -2.55. The van der Waals surface area contributed by atoms with Crippen LogP contribution >= 0.6 is 11.8 Å². The molecule has 2 aliphatic rings. The Bertz CT molecular complexity index is 1770. The van der Waals surface area contributed by atoms with Gasteiger partial charge in [0.1, 0.15) is 23.8 Å². The van der Waals surface area contributed by atoms with Crippen LogP contribution in [0.1, 0.15) is 18.2 Å². The van der Waals surface area contributed by atoms with Gasteiger partial charge in [0.25, 0.3) is 5.56 Å². The predicted octanol–water partition coefficient (Wildman–Crippen LogP) is 3.85. The van der Waals surface area contributed by atoms with Crippen molar-refractivity contribution in [3.05, 3.63) is 63.8 Å². The highest BCUT2D eigenvalue weighted by molar-refractivity contribution is 8.00. The molecule has 0 aliphatic carbocycles. The Kier molecular flexibility index (Phi) is 7.77. The van der Waals surface area contributed by atoms with Crippen LogP contribution in [-0.4, -0.2) is 63.4 Å². The lowest BCUT2D eigenvalue weighted by molar-refractivity contribution is -0.116. The van der Waals surface area contributed by atoms with E-state index < -0.39 is 29.0 Å². The molecule has 1 fully saturated rings. The van der Waals surface area contributed by atoms with Crippen molar-refractivity contribution >= 4 is 34.8 Å². The molecule has 15 heteroatoms. The first-order valence-corrected chi connectivity index (χ1v) is 14.5. The summed E-state index contributed by atoms with van der Waals surface area (Å²) in [6, 6.07) is 8.45. The lowest BCUT2D eigenvalue weighted by atomic mass is 10.1. The molecule has 0 atom stereocenters. The van der Waals surface area contributed by atoms with E-state index in [1.807, 2.05) is 30.0 Å². The molecule has 2 aromatic carbocycles. The first kappa shape index (κ1) is 29.0. The number of alkyl halides is 3. The van der Waals surface area contributed by atoms with E-state index in [2.05, 4.69) is 20.7 Å². The number of fused-ring (bicyclic) bond motifs is 2. The number of carbonyl (C=O) groups excluding carboxylic acids is 1. The highest BCUT2D eigenvalue weighted by Gasteiger charge is 2.30. The van der Waals surface area contributed by atoms with Crippen LogP contribution in [0.2, 0.25) is 0 Å². The van der Waals surface area contributed by atoms with Crippen molar-refractivity contribution in [2.75, 3.05) is 43.0 Å². The molecule has 4 aromatic rings. The van der Waals surface area contributed by atoms with Crippen molar-refractivity contribution in [1.82, 2.24) is 24.5 Å². The van der Waals surface area contributed by atoms with Gasteiger partial charge < -0.3 is 24.8 Å². The average Bonchev–Trinajstić information content (AvgIpc) is 3.63. The summed E-state index contributed by atoms with van der Waals surface area (Å²) >= 11 is -0.446. The van der Waals surface area contributed by atoms with Crippen molar-refractivity contribution in [2.24, 2.45) is 0 Å². The van der Waals surface area contributed by atoms with Crippen molar-refractivity contribution in [1.29, 1.82) is 0 Å². The summed E-state index contributed by atoms with van der Waals surface area (Å²) < 4.78 is 61.2. The molecule has 0 bridgehead atoms. The number of thioether (sulfide) groups is 1. The van der Waals surface area contributed by atoms with Gasteiger partial charge in [-0.15, -0.1) is 5.10 Å². The van der Waals surface area contributed by atoms with E-state index in [1.54, 1.807) is 4.57 Å².